The Labute approximate surface area is 142 Å². The number of hydrogen-bond acceptors (Lipinski definition) is 0. The molecule has 126 valence electrons. The molecule has 0 N–H and O–H groups in total. The molecule has 2 heteroatoms. The van der Waals surface area contributed by atoms with Crippen LogP contribution in [0.2, 0.25) is 10.6 Å². The predicted octanol–water partition coefficient (Wildman–Crippen LogP) is 5.62. The van der Waals surface area contributed by atoms with E-state index in [-0.39, 0.29) is 0 Å². The third-order valence-corrected chi connectivity index (χ3v) is 6.93. The van der Waals surface area contributed by atoms with Gasteiger partial charge in [0.25, 0.3) is 0 Å². The minimum atomic E-state index is 0.698. The first kappa shape index (κ1) is 18.5. The Morgan fingerprint density at radius 2 is 0.773 bits per heavy atom. The van der Waals surface area contributed by atoms with Gasteiger partial charge in [-0.25, -0.2) is 0 Å². The Hall–Kier alpha value is 0.130. The van der Waals surface area contributed by atoms with Crippen molar-refractivity contribution < 1.29 is 0 Å². The fourth-order valence-electron chi connectivity index (χ4n) is 5.12. The van der Waals surface area contributed by atoms with Crippen molar-refractivity contribution in [3.8, 4) is 0 Å². The van der Waals surface area contributed by atoms with Gasteiger partial charge in [0.15, 0.2) is 0 Å². The molecule has 2 aliphatic carbocycles. The van der Waals surface area contributed by atoms with Gasteiger partial charge in [-0.05, 0) is 0 Å². The van der Waals surface area contributed by atoms with Crippen LogP contribution in [0.3, 0.4) is 0 Å². The molecule has 0 atom stereocenters. The van der Waals surface area contributed by atoms with Crippen LogP contribution in [0.4, 0.5) is 0 Å². The average molecular weight is 302 g/mol. The van der Waals surface area contributed by atoms with Crippen LogP contribution in [0.15, 0.2) is 0 Å². The number of rotatable bonds is 7. The van der Waals surface area contributed by atoms with Gasteiger partial charge >= 0.3 is 0 Å². The monoisotopic (exact) mass is 302 g/mol. The summed E-state index contributed by atoms with van der Waals surface area (Å²) in [5.74, 6) is 0. The molecule has 2 aliphatic rings. The van der Waals surface area contributed by atoms with E-state index in [2.05, 4.69) is 15.7 Å². The van der Waals surface area contributed by atoms with E-state index in [1.165, 1.54) is 116 Å². The predicted molar refractivity (Wildman–Crippen MR) is 106 cm³/mol. The highest BCUT2D eigenvalue weighted by molar-refractivity contribution is 6.15. The summed E-state index contributed by atoms with van der Waals surface area (Å²) in [4.78, 5) is 0. The summed E-state index contributed by atoms with van der Waals surface area (Å²) in [6, 6.07) is 0. The Kier molecular flexibility index (Phi) is 7.92. The highest BCUT2D eigenvalue weighted by Gasteiger charge is 2.26. The fourth-order valence-corrected chi connectivity index (χ4v) is 5.12. The first-order valence-corrected chi connectivity index (χ1v) is 10.6. The lowest BCUT2D eigenvalue weighted by Crippen LogP contribution is -2.12. The van der Waals surface area contributed by atoms with E-state index in [0.29, 0.717) is 10.6 Å². The molecule has 0 aliphatic heterocycles. The second-order valence-electron chi connectivity index (χ2n) is 9.36. The summed E-state index contributed by atoms with van der Waals surface area (Å²) < 4.78 is 0. The summed E-state index contributed by atoms with van der Waals surface area (Å²) in [6.07, 6.45) is 27.0. The molecule has 2 rings (SSSR count). The van der Waals surface area contributed by atoms with Gasteiger partial charge in [-0.2, -0.15) is 0 Å². The van der Waals surface area contributed by atoms with Crippen LogP contribution < -0.4 is 0 Å². The van der Waals surface area contributed by atoms with E-state index in [9.17, 15) is 0 Å². The molecule has 0 bridgehead atoms. The second kappa shape index (κ2) is 9.43. The highest BCUT2D eigenvalue weighted by Crippen LogP contribution is 2.44. The van der Waals surface area contributed by atoms with Crippen LogP contribution in [0.5, 0.6) is 0 Å². The zero-order chi connectivity index (χ0) is 15.7. The molecule has 0 spiro atoms. The normalized spacial score (nSPS) is 25.3. The Bertz CT molecular complexity index is 254. The molecule has 2 saturated carbocycles. The van der Waals surface area contributed by atoms with Crippen molar-refractivity contribution in [2.24, 2.45) is 0 Å². The Morgan fingerprint density at radius 3 is 1.09 bits per heavy atom. The Balaban J connectivity index is 1.55. The lowest BCUT2D eigenvalue weighted by atomic mass is 9.60. The summed E-state index contributed by atoms with van der Waals surface area (Å²) >= 11 is 0. The molecular formula is C20H40B2. The van der Waals surface area contributed by atoms with Gasteiger partial charge in [0.1, 0.15) is 15.7 Å². The van der Waals surface area contributed by atoms with Crippen LogP contribution in [-0.2, 0) is 0 Å². The Morgan fingerprint density at radius 1 is 0.455 bits per heavy atom. The van der Waals surface area contributed by atoms with E-state index >= 15 is 0 Å². The van der Waals surface area contributed by atoms with E-state index < -0.39 is 0 Å². The lowest BCUT2D eigenvalue weighted by molar-refractivity contribution is 0.407. The van der Waals surface area contributed by atoms with E-state index in [1.54, 1.807) is 0 Å². The smallest absolute Gasteiger partial charge is 0.0584 e. The third-order valence-electron chi connectivity index (χ3n) is 6.93. The topological polar surface area (TPSA) is 0 Å². The summed E-state index contributed by atoms with van der Waals surface area (Å²) in [6.45, 7) is 0. The van der Waals surface area contributed by atoms with Crippen molar-refractivity contribution in [1.29, 1.82) is 0 Å². The maximum absolute atomic E-state index is 2.57. The first-order chi connectivity index (χ1) is 10.6. The van der Waals surface area contributed by atoms with Crippen molar-refractivity contribution >= 4 is 15.7 Å². The first-order valence-electron chi connectivity index (χ1n) is 10.6. The van der Waals surface area contributed by atoms with Crippen molar-refractivity contribution in [2.75, 3.05) is 0 Å². The highest BCUT2D eigenvalue weighted by atomic mass is 14.3. The van der Waals surface area contributed by atoms with E-state index in [0.717, 1.165) is 0 Å². The van der Waals surface area contributed by atoms with Crippen LogP contribution in [0.25, 0.3) is 0 Å². The molecule has 0 aromatic carbocycles. The molecule has 0 radical (unpaired) electrons. The molecule has 0 heterocycles. The summed E-state index contributed by atoms with van der Waals surface area (Å²) in [7, 11) is 5.15. The van der Waals surface area contributed by atoms with Crippen molar-refractivity contribution in [3.63, 3.8) is 0 Å². The van der Waals surface area contributed by atoms with Crippen LogP contribution in [-0.4, -0.2) is 15.7 Å². The molecule has 22 heavy (non-hydrogen) atoms. The lowest BCUT2D eigenvalue weighted by Gasteiger charge is -2.29. The zero-order valence-corrected chi connectivity index (χ0v) is 15.7. The molecule has 0 aromatic heterocycles. The third kappa shape index (κ3) is 6.71. The van der Waals surface area contributed by atoms with Crippen molar-refractivity contribution in [3.05, 3.63) is 0 Å². The van der Waals surface area contributed by atoms with Crippen LogP contribution in [0.1, 0.15) is 116 Å². The molecule has 0 nitrogen and oxygen atoms in total. The maximum Gasteiger partial charge on any atom is 0.109 e. The second-order valence-corrected chi connectivity index (χ2v) is 9.36. The fraction of sp³-hybridized carbons (Fsp3) is 1.00. The van der Waals surface area contributed by atoms with Crippen LogP contribution in [0, 0.1) is 0 Å². The van der Waals surface area contributed by atoms with E-state index in [4.69, 9.17) is 0 Å². The van der Waals surface area contributed by atoms with Gasteiger partial charge in [0.05, 0.1) is 0 Å². The minimum Gasteiger partial charge on any atom is -0.0584 e. The molecule has 0 amide bonds. The molecule has 0 unspecified atom stereocenters. The van der Waals surface area contributed by atoms with E-state index in [1.807, 2.05) is 0 Å². The number of unbranched alkanes of at least 4 members (excludes halogenated alkanes) is 3. The molecular weight excluding hydrogens is 262 g/mol. The van der Waals surface area contributed by atoms with Crippen LogP contribution >= 0.6 is 0 Å². The zero-order valence-electron chi connectivity index (χ0n) is 15.7. The molecule has 2 fully saturated rings. The van der Waals surface area contributed by atoms with Gasteiger partial charge in [0, 0.05) is 0 Å². The van der Waals surface area contributed by atoms with Crippen molar-refractivity contribution in [2.45, 2.75) is 126 Å². The summed E-state index contributed by atoms with van der Waals surface area (Å²) in [5, 5.41) is 1.40. The van der Waals surface area contributed by atoms with Gasteiger partial charge < -0.3 is 0 Å². The maximum atomic E-state index is 2.57. The minimum absolute atomic E-state index is 0.698. The SMILES string of the molecule is BC1(CCCCCCC2(B)CCCCCC2)CCCCCC1. The summed E-state index contributed by atoms with van der Waals surface area (Å²) in [5.41, 5.74) is 0. The van der Waals surface area contributed by atoms with Gasteiger partial charge in [-0.15, -0.1) is 0 Å². The van der Waals surface area contributed by atoms with Crippen molar-refractivity contribution in [1.82, 2.24) is 0 Å². The average Bonchev–Trinajstić information content (AvgIpc) is 2.84. The van der Waals surface area contributed by atoms with Gasteiger partial charge in [0.2, 0.25) is 0 Å². The van der Waals surface area contributed by atoms with Gasteiger partial charge in [-0.3, -0.25) is 0 Å². The quantitative estimate of drug-likeness (QED) is 0.325. The van der Waals surface area contributed by atoms with Gasteiger partial charge in [-0.1, -0.05) is 126 Å². The standard InChI is InChI=1S/C20H40B2/c21-19(13-7-1-2-8-14-19)17-11-5-6-12-18-20(22)15-9-3-4-10-16-20/h1-18,21-22H2. The molecule has 0 saturated heterocycles. The number of hydrogen-bond donors (Lipinski definition) is 0. The molecule has 0 aromatic rings. The largest absolute Gasteiger partial charge is 0.109 e.